The van der Waals surface area contributed by atoms with Crippen molar-refractivity contribution in [2.24, 2.45) is 17.8 Å². The van der Waals surface area contributed by atoms with Crippen LogP contribution >= 0.6 is 0 Å². The van der Waals surface area contributed by atoms with E-state index < -0.39 is 0 Å². The molecule has 0 radical (unpaired) electrons. The molecule has 0 saturated heterocycles. The Balaban J connectivity index is 2.39. The van der Waals surface area contributed by atoms with E-state index in [-0.39, 0.29) is 0 Å². The van der Waals surface area contributed by atoms with Gasteiger partial charge in [-0.05, 0) is 37.5 Å². The van der Waals surface area contributed by atoms with Crippen LogP contribution in [-0.4, -0.2) is 0 Å². The second-order valence-electron chi connectivity index (χ2n) is 4.04. The summed E-state index contributed by atoms with van der Waals surface area (Å²) >= 11 is 0. The second-order valence-corrected chi connectivity index (χ2v) is 4.04. The van der Waals surface area contributed by atoms with Crippen LogP contribution in [0.25, 0.3) is 0 Å². The van der Waals surface area contributed by atoms with Gasteiger partial charge in [-0.2, -0.15) is 0 Å². The van der Waals surface area contributed by atoms with Crippen LogP contribution in [0.2, 0.25) is 0 Å². The predicted molar refractivity (Wildman–Crippen MR) is 50.5 cm³/mol. The Morgan fingerprint density at radius 3 is 2.27 bits per heavy atom. The van der Waals surface area contributed by atoms with Crippen molar-refractivity contribution in [2.75, 3.05) is 0 Å². The normalized spacial score (nSPS) is 33.4. The SMILES string of the molecule is CC=C1C(CC)C1CC(C)C. The Morgan fingerprint density at radius 1 is 1.36 bits per heavy atom. The molecule has 1 aliphatic carbocycles. The molecule has 0 heteroatoms. The molecule has 2 atom stereocenters. The highest BCUT2D eigenvalue weighted by atomic mass is 14.5. The Hall–Kier alpha value is -0.260. The Bertz CT molecular complexity index is 153. The van der Waals surface area contributed by atoms with E-state index in [1.54, 1.807) is 5.57 Å². The van der Waals surface area contributed by atoms with Crippen molar-refractivity contribution in [2.45, 2.75) is 40.5 Å². The Kier molecular flexibility index (Phi) is 2.75. The summed E-state index contributed by atoms with van der Waals surface area (Å²) in [6, 6.07) is 0. The standard InChI is InChI=1S/C11H20/c1-5-9-10(6-2)11(9)7-8(3)4/h5,8,10-11H,6-7H2,1-4H3. The van der Waals surface area contributed by atoms with Crippen LogP contribution in [0.3, 0.4) is 0 Å². The van der Waals surface area contributed by atoms with E-state index in [2.05, 4.69) is 33.8 Å². The molecule has 0 amide bonds. The molecule has 0 aromatic heterocycles. The van der Waals surface area contributed by atoms with Crippen molar-refractivity contribution in [1.29, 1.82) is 0 Å². The average molecular weight is 152 g/mol. The lowest BCUT2D eigenvalue weighted by molar-refractivity contribution is 0.511. The molecule has 0 heterocycles. The van der Waals surface area contributed by atoms with Crippen LogP contribution in [0.15, 0.2) is 11.6 Å². The number of hydrogen-bond donors (Lipinski definition) is 0. The largest absolute Gasteiger partial charge is 0.0879 e. The lowest BCUT2D eigenvalue weighted by Crippen LogP contribution is -1.90. The number of hydrogen-bond acceptors (Lipinski definition) is 0. The number of allylic oxidation sites excluding steroid dienone is 2. The summed E-state index contributed by atoms with van der Waals surface area (Å²) in [6.45, 7) is 9.11. The lowest BCUT2D eigenvalue weighted by atomic mass is 10.1. The molecule has 0 aromatic rings. The first-order chi connectivity index (χ1) is 5.20. The highest BCUT2D eigenvalue weighted by molar-refractivity contribution is 5.28. The van der Waals surface area contributed by atoms with Crippen molar-refractivity contribution in [3.8, 4) is 0 Å². The monoisotopic (exact) mass is 152 g/mol. The molecule has 0 N–H and O–H groups in total. The quantitative estimate of drug-likeness (QED) is 0.542. The summed E-state index contributed by atoms with van der Waals surface area (Å²) in [4.78, 5) is 0. The van der Waals surface area contributed by atoms with Gasteiger partial charge in [-0.15, -0.1) is 0 Å². The summed E-state index contributed by atoms with van der Waals surface area (Å²) in [7, 11) is 0. The van der Waals surface area contributed by atoms with Crippen molar-refractivity contribution >= 4 is 0 Å². The molecule has 0 bridgehead atoms. The third-order valence-electron chi connectivity index (χ3n) is 2.73. The van der Waals surface area contributed by atoms with Crippen molar-refractivity contribution < 1.29 is 0 Å². The minimum atomic E-state index is 0.867. The molecule has 0 aliphatic heterocycles. The van der Waals surface area contributed by atoms with Crippen LogP contribution in [0, 0.1) is 17.8 Å². The fourth-order valence-corrected chi connectivity index (χ4v) is 2.16. The smallest absolute Gasteiger partial charge is 0.0132 e. The van der Waals surface area contributed by atoms with Crippen molar-refractivity contribution in [1.82, 2.24) is 0 Å². The summed E-state index contributed by atoms with van der Waals surface area (Å²) in [6.07, 6.45) is 5.07. The average Bonchev–Trinajstić information content (AvgIpc) is 2.60. The first-order valence-corrected chi connectivity index (χ1v) is 4.86. The molecule has 11 heavy (non-hydrogen) atoms. The van der Waals surface area contributed by atoms with Crippen LogP contribution in [-0.2, 0) is 0 Å². The highest BCUT2D eigenvalue weighted by Gasteiger charge is 2.41. The van der Waals surface area contributed by atoms with E-state index in [0.29, 0.717) is 0 Å². The molecule has 1 rings (SSSR count). The fourth-order valence-electron chi connectivity index (χ4n) is 2.16. The van der Waals surface area contributed by atoms with Crippen LogP contribution in [0.4, 0.5) is 0 Å². The van der Waals surface area contributed by atoms with E-state index in [4.69, 9.17) is 0 Å². The second kappa shape index (κ2) is 3.42. The first kappa shape index (κ1) is 8.83. The first-order valence-electron chi connectivity index (χ1n) is 4.86. The summed E-state index contributed by atoms with van der Waals surface area (Å²) < 4.78 is 0. The molecule has 1 saturated carbocycles. The van der Waals surface area contributed by atoms with Crippen molar-refractivity contribution in [3.05, 3.63) is 11.6 Å². The molecule has 1 aliphatic rings. The summed E-state index contributed by atoms with van der Waals surface area (Å²) in [5, 5.41) is 0. The van der Waals surface area contributed by atoms with Gasteiger partial charge in [-0.25, -0.2) is 0 Å². The molecule has 0 spiro atoms. The van der Waals surface area contributed by atoms with E-state index in [1.165, 1.54) is 12.8 Å². The van der Waals surface area contributed by atoms with Gasteiger partial charge >= 0.3 is 0 Å². The van der Waals surface area contributed by atoms with Gasteiger partial charge in [-0.3, -0.25) is 0 Å². The van der Waals surface area contributed by atoms with Gasteiger partial charge in [0.1, 0.15) is 0 Å². The van der Waals surface area contributed by atoms with Crippen LogP contribution in [0.5, 0.6) is 0 Å². The van der Waals surface area contributed by atoms with Crippen molar-refractivity contribution in [3.63, 3.8) is 0 Å². The topological polar surface area (TPSA) is 0 Å². The highest BCUT2D eigenvalue weighted by Crippen LogP contribution is 2.51. The van der Waals surface area contributed by atoms with Gasteiger partial charge in [0.25, 0.3) is 0 Å². The lowest BCUT2D eigenvalue weighted by Gasteiger charge is -2.00. The third-order valence-corrected chi connectivity index (χ3v) is 2.73. The molecule has 2 unspecified atom stereocenters. The molecule has 1 fully saturated rings. The van der Waals surface area contributed by atoms with Gasteiger partial charge in [0.2, 0.25) is 0 Å². The number of rotatable bonds is 3. The molecular weight excluding hydrogens is 132 g/mol. The van der Waals surface area contributed by atoms with E-state index in [1.807, 2.05) is 0 Å². The van der Waals surface area contributed by atoms with Gasteiger partial charge in [-0.1, -0.05) is 32.4 Å². The van der Waals surface area contributed by atoms with Crippen LogP contribution < -0.4 is 0 Å². The fraction of sp³-hybridized carbons (Fsp3) is 0.818. The maximum absolute atomic E-state index is 2.32. The van der Waals surface area contributed by atoms with Crippen LogP contribution in [0.1, 0.15) is 40.5 Å². The van der Waals surface area contributed by atoms with Gasteiger partial charge in [0, 0.05) is 0 Å². The molecular formula is C11H20. The summed E-state index contributed by atoms with van der Waals surface area (Å²) in [5.41, 5.74) is 1.72. The van der Waals surface area contributed by atoms with Gasteiger partial charge < -0.3 is 0 Å². The summed E-state index contributed by atoms with van der Waals surface area (Å²) in [5.74, 6) is 2.76. The van der Waals surface area contributed by atoms with Gasteiger partial charge in [0.05, 0.1) is 0 Å². The Morgan fingerprint density at radius 2 is 2.00 bits per heavy atom. The van der Waals surface area contributed by atoms with Gasteiger partial charge in [0.15, 0.2) is 0 Å². The molecule has 0 aromatic carbocycles. The van der Waals surface area contributed by atoms with E-state index in [9.17, 15) is 0 Å². The third kappa shape index (κ3) is 1.85. The minimum absolute atomic E-state index is 0.867. The Labute approximate surface area is 70.7 Å². The molecule has 0 nitrogen and oxygen atoms in total. The predicted octanol–water partition coefficient (Wildman–Crippen LogP) is 3.63. The zero-order valence-electron chi connectivity index (χ0n) is 8.22. The maximum Gasteiger partial charge on any atom is -0.0132 e. The zero-order chi connectivity index (χ0) is 8.43. The maximum atomic E-state index is 2.32. The minimum Gasteiger partial charge on any atom is -0.0879 e. The molecule has 64 valence electrons. The zero-order valence-corrected chi connectivity index (χ0v) is 8.22. The van der Waals surface area contributed by atoms with E-state index >= 15 is 0 Å². The van der Waals surface area contributed by atoms with E-state index in [0.717, 1.165) is 17.8 Å².